The summed E-state index contributed by atoms with van der Waals surface area (Å²) in [7, 11) is 0. The number of ether oxygens (including phenoxy) is 1. The molecule has 3 nitrogen and oxygen atoms in total. The summed E-state index contributed by atoms with van der Waals surface area (Å²) in [5.41, 5.74) is 2.06. The van der Waals surface area contributed by atoms with Gasteiger partial charge in [0.2, 0.25) is 0 Å². The first-order valence-electron chi connectivity index (χ1n) is 8.20. The van der Waals surface area contributed by atoms with Gasteiger partial charge in [-0.15, -0.1) is 13.2 Å². The number of rotatable bonds is 4. The average Bonchev–Trinajstić information content (AvgIpc) is 2.52. The monoisotopic (exact) mass is 361 g/mol. The lowest BCUT2D eigenvalue weighted by atomic mass is 9.85. The minimum absolute atomic E-state index is 0.0846. The van der Waals surface area contributed by atoms with Crippen LogP contribution in [0.5, 0.6) is 5.75 Å². The quantitative estimate of drug-likeness (QED) is 0.720. The summed E-state index contributed by atoms with van der Waals surface area (Å²) in [6, 6.07) is 13.0. The molecule has 0 fully saturated rings. The molecule has 0 saturated carbocycles. The maximum Gasteiger partial charge on any atom is 0.573 e. The number of ketones is 1. The van der Waals surface area contributed by atoms with Gasteiger partial charge >= 0.3 is 6.36 Å². The summed E-state index contributed by atoms with van der Waals surface area (Å²) < 4.78 is 41.7. The number of aliphatic imine (C=N–C) groups is 1. The fourth-order valence-corrected chi connectivity index (χ4v) is 3.18. The molecule has 0 N–H and O–H groups in total. The Bertz CT molecular complexity index is 869. The number of para-hydroxylation sites is 1. The molecular weight excluding hydrogens is 343 g/mol. The zero-order chi connectivity index (χ0) is 18.9. The molecular formula is C20H18F3NO2. The summed E-state index contributed by atoms with van der Waals surface area (Å²) in [5, 5.41) is 0. The van der Waals surface area contributed by atoms with Crippen molar-refractivity contribution in [3.8, 4) is 5.75 Å². The standard InChI is InChI=1S/C20H18F3NO2/c1-19(2)12-13-7-3-4-8-14(13)16(24-19)11-17(25)15-9-5-6-10-18(15)26-20(21,22)23/h3-10H,11-12H2,1-2H3. The van der Waals surface area contributed by atoms with Crippen molar-refractivity contribution in [3.63, 3.8) is 0 Å². The van der Waals surface area contributed by atoms with Crippen molar-refractivity contribution in [2.24, 2.45) is 4.99 Å². The second-order valence-corrected chi connectivity index (χ2v) is 6.85. The Morgan fingerprint density at radius 3 is 2.50 bits per heavy atom. The molecule has 0 unspecified atom stereocenters. The number of fused-ring (bicyclic) bond motifs is 1. The molecule has 1 heterocycles. The van der Waals surface area contributed by atoms with Crippen LogP contribution in [-0.4, -0.2) is 23.4 Å². The van der Waals surface area contributed by atoms with Gasteiger partial charge in [0.25, 0.3) is 0 Å². The number of benzene rings is 2. The highest BCUT2D eigenvalue weighted by atomic mass is 19.4. The maximum absolute atomic E-state index is 12.7. The van der Waals surface area contributed by atoms with Crippen LogP contribution in [0.15, 0.2) is 53.5 Å². The van der Waals surface area contributed by atoms with E-state index in [0.717, 1.165) is 23.6 Å². The van der Waals surface area contributed by atoms with Crippen LogP contribution >= 0.6 is 0 Å². The van der Waals surface area contributed by atoms with Crippen molar-refractivity contribution in [3.05, 3.63) is 65.2 Å². The normalized spacial score (nSPS) is 15.8. The highest BCUT2D eigenvalue weighted by Crippen LogP contribution is 2.30. The van der Waals surface area contributed by atoms with Crippen LogP contribution in [0.4, 0.5) is 13.2 Å². The first kappa shape index (κ1) is 18.2. The van der Waals surface area contributed by atoms with Crippen LogP contribution in [-0.2, 0) is 6.42 Å². The smallest absolute Gasteiger partial charge is 0.405 e. The highest BCUT2D eigenvalue weighted by molar-refractivity contribution is 6.17. The fraction of sp³-hybridized carbons (Fsp3) is 0.300. The van der Waals surface area contributed by atoms with E-state index in [9.17, 15) is 18.0 Å². The minimum Gasteiger partial charge on any atom is -0.405 e. The second-order valence-electron chi connectivity index (χ2n) is 6.85. The summed E-state index contributed by atoms with van der Waals surface area (Å²) in [5.74, 6) is -0.954. The molecule has 1 aliphatic rings. The Kier molecular flexibility index (Phi) is 4.61. The van der Waals surface area contributed by atoms with E-state index >= 15 is 0 Å². The van der Waals surface area contributed by atoms with Crippen molar-refractivity contribution >= 4 is 11.5 Å². The summed E-state index contributed by atoms with van der Waals surface area (Å²) in [6.45, 7) is 3.93. The van der Waals surface area contributed by atoms with E-state index in [1.807, 2.05) is 38.1 Å². The minimum atomic E-state index is -4.85. The zero-order valence-electron chi connectivity index (χ0n) is 14.4. The molecule has 2 aromatic carbocycles. The number of nitrogens with zero attached hydrogens (tertiary/aromatic N) is 1. The van der Waals surface area contributed by atoms with Gasteiger partial charge in [-0.2, -0.15) is 0 Å². The Hall–Kier alpha value is -2.63. The van der Waals surface area contributed by atoms with Crippen molar-refractivity contribution in [2.45, 2.75) is 38.6 Å². The number of halogens is 3. The second kappa shape index (κ2) is 6.59. The van der Waals surface area contributed by atoms with E-state index in [-0.39, 0.29) is 17.5 Å². The molecule has 0 aliphatic carbocycles. The molecule has 0 saturated heterocycles. The third-order valence-electron chi connectivity index (χ3n) is 4.13. The molecule has 0 spiro atoms. The van der Waals surface area contributed by atoms with Crippen molar-refractivity contribution in [1.82, 2.24) is 0 Å². The van der Waals surface area contributed by atoms with E-state index in [4.69, 9.17) is 0 Å². The van der Waals surface area contributed by atoms with Crippen LogP contribution in [0.2, 0.25) is 0 Å². The lowest BCUT2D eigenvalue weighted by Gasteiger charge is -2.29. The third-order valence-corrected chi connectivity index (χ3v) is 4.13. The van der Waals surface area contributed by atoms with Crippen LogP contribution in [0, 0.1) is 0 Å². The van der Waals surface area contributed by atoms with Gasteiger partial charge in [-0.3, -0.25) is 9.79 Å². The predicted molar refractivity (Wildman–Crippen MR) is 92.8 cm³/mol. The van der Waals surface area contributed by atoms with Crippen LogP contribution in [0.25, 0.3) is 0 Å². The number of alkyl halides is 3. The van der Waals surface area contributed by atoms with E-state index in [2.05, 4.69) is 9.73 Å². The summed E-state index contributed by atoms with van der Waals surface area (Å²) >= 11 is 0. The highest BCUT2D eigenvalue weighted by Gasteiger charge is 2.33. The van der Waals surface area contributed by atoms with Gasteiger partial charge in [-0.25, -0.2) is 0 Å². The Morgan fingerprint density at radius 2 is 1.77 bits per heavy atom. The predicted octanol–water partition coefficient (Wildman–Crippen LogP) is 4.98. The van der Waals surface area contributed by atoms with Gasteiger partial charge in [-0.1, -0.05) is 36.4 Å². The molecule has 0 atom stereocenters. The van der Waals surface area contributed by atoms with Crippen LogP contribution in [0.1, 0.15) is 41.8 Å². The lowest BCUT2D eigenvalue weighted by Crippen LogP contribution is -2.30. The summed E-state index contributed by atoms with van der Waals surface area (Å²) in [4.78, 5) is 17.4. The van der Waals surface area contributed by atoms with Gasteiger partial charge in [0.1, 0.15) is 5.75 Å². The lowest BCUT2D eigenvalue weighted by molar-refractivity contribution is -0.274. The van der Waals surface area contributed by atoms with Gasteiger partial charge in [-0.05, 0) is 43.5 Å². The van der Waals surface area contributed by atoms with Gasteiger partial charge < -0.3 is 4.74 Å². The van der Waals surface area contributed by atoms with Crippen molar-refractivity contribution < 1.29 is 22.7 Å². The topological polar surface area (TPSA) is 38.7 Å². The third kappa shape index (κ3) is 4.12. The summed E-state index contributed by atoms with van der Waals surface area (Å²) in [6.07, 6.45) is -4.19. The molecule has 0 bridgehead atoms. The Morgan fingerprint density at radius 1 is 1.12 bits per heavy atom. The average molecular weight is 361 g/mol. The zero-order valence-corrected chi connectivity index (χ0v) is 14.4. The molecule has 6 heteroatoms. The maximum atomic E-state index is 12.7. The Labute approximate surface area is 149 Å². The van der Waals surface area contributed by atoms with Crippen molar-refractivity contribution in [2.75, 3.05) is 0 Å². The first-order chi connectivity index (χ1) is 12.1. The molecule has 136 valence electrons. The van der Waals surface area contributed by atoms with Crippen molar-refractivity contribution in [1.29, 1.82) is 0 Å². The largest absolute Gasteiger partial charge is 0.573 e. The number of hydrogen-bond donors (Lipinski definition) is 0. The number of carbonyl (C=O) groups is 1. The number of hydrogen-bond acceptors (Lipinski definition) is 3. The van der Waals surface area contributed by atoms with E-state index in [0.29, 0.717) is 5.71 Å². The van der Waals surface area contributed by atoms with Gasteiger partial charge in [0, 0.05) is 0 Å². The van der Waals surface area contributed by atoms with E-state index in [1.165, 1.54) is 18.2 Å². The first-order valence-corrected chi connectivity index (χ1v) is 8.20. The van der Waals surface area contributed by atoms with E-state index < -0.39 is 17.9 Å². The van der Waals surface area contributed by atoms with Crippen LogP contribution in [0.3, 0.4) is 0 Å². The Balaban J connectivity index is 1.92. The number of Topliss-reactive ketones (excluding diaryl/α,β-unsaturated/α-hetero) is 1. The van der Waals surface area contributed by atoms with Gasteiger partial charge in [0.05, 0.1) is 23.2 Å². The molecule has 0 radical (unpaired) electrons. The fourth-order valence-electron chi connectivity index (χ4n) is 3.18. The number of carbonyl (C=O) groups excluding carboxylic acids is 1. The van der Waals surface area contributed by atoms with E-state index in [1.54, 1.807) is 0 Å². The molecule has 2 aromatic rings. The molecule has 26 heavy (non-hydrogen) atoms. The molecule has 0 amide bonds. The van der Waals surface area contributed by atoms with Crippen LogP contribution < -0.4 is 4.74 Å². The SMILES string of the molecule is CC1(C)Cc2ccccc2C(CC(=O)c2ccccc2OC(F)(F)F)=N1. The molecule has 1 aliphatic heterocycles. The van der Waals surface area contributed by atoms with Gasteiger partial charge in [0.15, 0.2) is 5.78 Å². The molecule has 3 rings (SSSR count). The molecule has 0 aromatic heterocycles.